The minimum absolute atomic E-state index is 0.148. The summed E-state index contributed by atoms with van der Waals surface area (Å²) < 4.78 is 0. The van der Waals surface area contributed by atoms with E-state index in [0.717, 1.165) is 18.7 Å². The van der Waals surface area contributed by atoms with Crippen LogP contribution in [0.15, 0.2) is 96.6 Å². The fraction of sp³-hybridized carbons (Fsp3) is 0.185. The van der Waals surface area contributed by atoms with Crippen molar-refractivity contribution in [1.82, 2.24) is 9.80 Å². The number of amides is 1. The van der Waals surface area contributed by atoms with Gasteiger partial charge >= 0.3 is 0 Å². The summed E-state index contributed by atoms with van der Waals surface area (Å²) in [4.78, 5) is 17.2. The minimum Gasteiger partial charge on any atom is -0.335 e. The van der Waals surface area contributed by atoms with Crippen molar-refractivity contribution in [2.45, 2.75) is 6.04 Å². The van der Waals surface area contributed by atoms with Crippen molar-refractivity contribution in [2.75, 3.05) is 26.2 Å². The number of nitrogens with zero attached hydrogens (tertiary/aromatic N) is 3. The van der Waals surface area contributed by atoms with Gasteiger partial charge in [0.15, 0.2) is 0 Å². The third-order valence-corrected chi connectivity index (χ3v) is 5.66. The van der Waals surface area contributed by atoms with E-state index < -0.39 is 0 Å². The summed E-state index contributed by atoms with van der Waals surface area (Å²) in [6.07, 6.45) is 1.67. The van der Waals surface area contributed by atoms with E-state index in [2.05, 4.69) is 59.5 Å². The molecule has 3 aromatic rings. The first-order chi connectivity index (χ1) is 15.3. The van der Waals surface area contributed by atoms with Crippen LogP contribution in [0, 0.1) is 11.3 Å². The predicted molar refractivity (Wildman–Crippen MR) is 123 cm³/mol. The molecule has 4 heteroatoms. The van der Waals surface area contributed by atoms with Gasteiger partial charge in [0.2, 0.25) is 0 Å². The maximum absolute atomic E-state index is 13.0. The summed E-state index contributed by atoms with van der Waals surface area (Å²) in [6.45, 7) is 2.71. The fourth-order valence-corrected chi connectivity index (χ4v) is 4.10. The second-order valence-electron chi connectivity index (χ2n) is 7.63. The zero-order valence-corrected chi connectivity index (χ0v) is 17.4. The fourth-order valence-electron chi connectivity index (χ4n) is 4.10. The summed E-state index contributed by atoms with van der Waals surface area (Å²) >= 11 is 0. The molecule has 154 valence electrons. The normalized spacial score (nSPS) is 15.0. The molecule has 1 saturated heterocycles. The highest BCUT2D eigenvalue weighted by molar-refractivity contribution is 6.01. The zero-order chi connectivity index (χ0) is 21.5. The third-order valence-electron chi connectivity index (χ3n) is 5.66. The Kier molecular flexibility index (Phi) is 6.56. The highest BCUT2D eigenvalue weighted by Crippen LogP contribution is 2.29. The number of carbonyl (C=O) groups is 1. The number of piperazine rings is 1. The van der Waals surface area contributed by atoms with Crippen LogP contribution in [0.3, 0.4) is 0 Å². The number of hydrogen-bond acceptors (Lipinski definition) is 3. The molecule has 0 aromatic heterocycles. The number of carbonyl (C=O) groups excluding carboxylic acids is 1. The van der Waals surface area contributed by atoms with Crippen LogP contribution < -0.4 is 0 Å². The Hall–Kier alpha value is -3.68. The molecule has 0 N–H and O–H groups in total. The van der Waals surface area contributed by atoms with E-state index in [0.29, 0.717) is 13.1 Å². The minimum atomic E-state index is -0.193. The molecule has 0 aliphatic carbocycles. The lowest BCUT2D eigenvalue weighted by Gasteiger charge is -2.39. The zero-order valence-electron chi connectivity index (χ0n) is 17.4. The van der Waals surface area contributed by atoms with Crippen LogP contribution in [0.25, 0.3) is 6.08 Å². The second kappa shape index (κ2) is 9.88. The van der Waals surface area contributed by atoms with Crippen LogP contribution in [0.5, 0.6) is 0 Å². The van der Waals surface area contributed by atoms with Gasteiger partial charge in [0.1, 0.15) is 11.6 Å². The van der Waals surface area contributed by atoms with Gasteiger partial charge in [0.05, 0.1) is 6.04 Å². The summed E-state index contributed by atoms with van der Waals surface area (Å²) in [6, 6.07) is 32.7. The van der Waals surface area contributed by atoms with Gasteiger partial charge in [0.25, 0.3) is 5.91 Å². The molecule has 1 amide bonds. The largest absolute Gasteiger partial charge is 0.335 e. The van der Waals surface area contributed by atoms with E-state index in [4.69, 9.17) is 0 Å². The smallest absolute Gasteiger partial charge is 0.264 e. The Balaban J connectivity index is 1.49. The van der Waals surface area contributed by atoms with Gasteiger partial charge in [-0.1, -0.05) is 91.0 Å². The van der Waals surface area contributed by atoms with Gasteiger partial charge in [-0.2, -0.15) is 5.26 Å². The van der Waals surface area contributed by atoms with Gasteiger partial charge in [-0.25, -0.2) is 0 Å². The van der Waals surface area contributed by atoms with E-state index in [-0.39, 0.29) is 17.5 Å². The average Bonchev–Trinajstić information content (AvgIpc) is 2.85. The van der Waals surface area contributed by atoms with E-state index in [9.17, 15) is 10.1 Å². The molecule has 1 heterocycles. The Bertz CT molecular complexity index is 1020. The van der Waals surface area contributed by atoms with E-state index >= 15 is 0 Å². The van der Waals surface area contributed by atoms with Gasteiger partial charge in [-0.05, 0) is 22.8 Å². The first-order valence-electron chi connectivity index (χ1n) is 10.6. The van der Waals surface area contributed by atoms with Crippen molar-refractivity contribution in [3.05, 3.63) is 113 Å². The molecule has 4 rings (SSSR count). The van der Waals surface area contributed by atoms with Crippen molar-refractivity contribution >= 4 is 12.0 Å². The quantitative estimate of drug-likeness (QED) is 0.461. The molecular formula is C27H25N3O. The van der Waals surface area contributed by atoms with Crippen molar-refractivity contribution in [3.63, 3.8) is 0 Å². The van der Waals surface area contributed by atoms with Crippen LogP contribution in [0.4, 0.5) is 0 Å². The maximum atomic E-state index is 13.0. The number of benzene rings is 3. The molecule has 1 aliphatic rings. The van der Waals surface area contributed by atoms with E-state index in [1.165, 1.54) is 11.1 Å². The van der Waals surface area contributed by atoms with Crippen molar-refractivity contribution < 1.29 is 4.79 Å². The maximum Gasteiger partial charge on any atom is 0.264 e. The predicted octanol–water partition coefficient (Wildman–Crippen LogP) is 4.53. The Morgan fingerprint density at radius 3 is 1.74 bits per heavy atom. The number of rotatable bonds is 5. The van der Waals surface area contributed by atoms with Gasteiger partial charge in [-0.3, -0.25) is 9.69 Å². The molecule has 0 radical (unpaired) electrons. The lowest BCUT2D eigenvalue weighted by molar-refractivity contribution is -0.128. The number of hydrogen-bond donors (Lipinski definition) is 0. The van der Waals surface area contributed by atoms with Gasteiger partial charge in [0, 0.05) is 26.2 Å². The van der Waals surface area contributed by atoms with E-state index in [1.807, 2.05) is 42.5 Å². The molecule has 4 nitrogen and oxygen atoms in total. The lowest BCUT2D eigenvalue weighted by atomic mass is 9.96. The first-order valence-corrected chi connectivity index (χ1v) is 10.6. The third kappa shape index (κ3) is 4.91. The molecular weight excluding hydrogens is 382 g/mol. The monoisotopic (exact) mass is 407 g/mol. The van der Waals surface area contributed by atoms with Gasteiger partial charge < -0.3 is 4.90 Å². The molecule has 3 aromatic carbocycles. The van der Waals surface area contributed by atoms with Crippen molar-refractivity contribution in [2.24, 2.45) is 0 Å². The molecule has 0 saturated carbocycles. The average molecular weight is 408 g/mol. The SMILES string of the molecule is N#C/C(=C/c1ccccc1)C(=O)N1CCN(C(c2ccccc2)c2ccccc2)CC1. The summed E-state index contributed by atoms with van der Waals surface area (Å²) in [5.41, 5.74) is 3.53. The van der Waals surface area contributed by atoms with Crippen molar-refractivity contribution in [3.8, 4) is 6.07 Å². The highest BCUT2D eigenvalue weighted by Gasteiger charge is 2.29. The van der Waals surface area contributed by atoms with Crippen molar-refractivity contribution in [1.29, 1.82) is 5.26 Å². The molecule has 1 aliphatic heterocycles. The number of nitriles is 1. The Morgan fingerprint density at radius 2 is 1.26 bits per heavy atom. The topological polar surface area (TPSA) is 47.3 Å². The Morgan fingerprint density at radius 1 is 0.774 bits per heavy atom. The highest BCUT2D eigenvalue weighted by atomic mass is 16.2. The second-order valence-corrected chi connectivity index (χ2v) is 7.63. The van der Waals surface area contributed by atoms with Crippen LogP contribution >= 0.6 is 0 Å². The van der Waals surface area contributed by atoms with Crippen LogP contribution in [-0.4, -0.2) is 41.9 Å². The van der Waals surface area contributed by atoms with E-state index in [1.54, 1.807) is 11.0 Å². The summed E-state index contributed by atoms with van der Waals surface area (Å²) in [5, 5.41) is 9.55. The standard InChI is InChI=1S/C27H25N3O/c28-21-25(20-22-10-4-1-5-11-22)27(31)30-18-16-29(17-19-30)26(23-12-6-2-7-13-23)24-14-8-3-9-15-24/h1-15,20,26H,16-19H2/b25-20-. The first kappa shape index (κ1) is 20.6. The molecule has 31 heavy (non-hydrogen) atoms. The molecule has 0 unspecified atom stereocenters. The van der Waals surface area contributed by atoms with Crippen LogP contribution in [0.1, 0.15) is 22.7 Å². The molecule has 0 atom stereocenters. The molecule has 1 fully saturated rings. The molecule has 0 spiro atoms. The molecule has 0 bridgehead atoms. The lowest BCUT2D eigenvalue weighted by Crippen LogP contribution is -2.50. The summed E-state index contributed by atoms with van der Waals surface area (Å²) in [5.74, 6) is -0.193. The van der Waals surface area contributed by atoms with Crippen LogP contribution in [-0.2, 0) is 4.79 Å². The van der Waals surface area contributed by atoms with Gasteiger partial charge in [-0.15, -0.1) is 0 Å². The van der Waals surface area contributed by atoms with Crippen LogP contribution in [0.2, 0.25) is 0 Å². The summed E-state index contributed by atoms with van der Waals surface area (Å²) in [7, 11) is 0. The Labute approximate surface area is 183 Å².